The number of nitrogens with one attached hydrogen (secondary N) is 2. The Morgan fingerprint density at radius 3 is 2.59 bits per heavy atom. The van der Waals surface area contributed by atoms with E-state index in [1.807, 2.05) is 6.92 Å². The molecule has 2 saturated heterocycles. The molecule has 3 rings (SSSR count). The van der Waals surface area contributed by atoms with Crippen LogP contribution in [0.3, 0.4) is 0 Å². The zero-order valence-electron chi connectivity index (χ0n) is 17.1. The summed E-state index contributed by atoms with van der Waals surface area (Å²) in [5.41, 5.74) is 1.16. The van der Waals surface area contributed by atoms with Crippen molar-refractivity contribution in [1.82, 2.24) is 25.4 Å². The smallest absolute Gasteiger partial charge is 0.356 e. The average molecular weight is 433 g/mol. The minimum absolute atomic E-state index is 0.00645. The van der Waals surface area contributed by atoms with E-state index in [1.54, 1.807) is 18.4 Å². The lowest BCUT2D eigenvalue weighted by atomic mass is 9.97. The van der Waals surface area contributed by atoms with Crippen molar-refractivity contribution in [1.29, 1.82) is 0 Å². The molecular weight excluding hydrogens is 401 g/mol. The maximum Gasteiger partial charge on any atom is 0.401 e. The van der Waals surface area contributed by atoms with Crippen LogP contribution in [0.25, 0.3) is 0 Å². The van der Waals surface area contributed by atoms with Crippen LogP contribution < -0.4 is 10.6 Å². The van der Waals surface area contributed by atoms with Gasteiger partial charge in [0.2, 0.25) is 0 Å². The lowest BCUT2D eigenvalue weighted by Crippen LogP contribution is -2.47. The molecule has 0 radical (unpaired) electrons. The number of rotatable bonds is 6. The number of hydrogen-bond acceptors (Lipinski definition) is 5. The van der Waals surface area contributed by atoms with Crippen molar-refractivity contribution in [3.63, 3.8) is 0 Å². The van der Waals surface area contributed by atoms with E-state index in [0.717, 1.165) is 49.7 Å². The Kier molecular flexibility index (Phi) is 7.75. The first kappa shape index (κ1) is 22.3. The van der Waals surface area contributed by atoms with Gasteiger partial charge >= 0.3 is 6.18 Å². The third-order valence-corrected chi connectivity index (χ3v) is 6.38. The molecule has 1 aromatic heterocycles. The number of guanidine groups is 1. The first-order valence-corrected chi connectivity index (χ1v) is 11.1. The second-order valence-corrected chi connectivity index (χ2v) is 9.07. The van der Waals surface area contributed by atoms with E-state index < -0.39 is 12.7 Å². The van der Waals surface area contributed by atoms with Gasteiger partial charge in [0.15, 0.2) is 5.96 Å². The molecule has 2 N–H and O–H groups in total. The van der Waals surface area contributed by atoms with E-state index in [9.17, 15) is 13.2 Å². The summed E-state index contributed by atoms with van der Waals surface area (Å²) >= 11 is 1.70. The molecule has 2 aliphatic heterocycles. The fraction of sp³-hybridized carbons (Fsp3) is 0.789. The zero-order valence-corrected chi connectivity index (χ0v) is 18.0. The van der Waals surface area contributed by atoms with Crippen molar-refractivity contribution in [2.45, 2.75) is 44.9 Å². The van der Waals surface area contributed by atoms with Gasteiger partial charge in [-0.05, 0) is 45.2 Å². The molecule has 6 nitrogen and oxygen atoms in total. The minimum Gasteiger partial charge on any atom is -0.356 e. The zero-order chi connectivity index (χ0) is 20.9. The summed E-state index contributed by atoms with van der Waals surface area (Å²) in [5, 5.41) is 9.89. The molecular formula is C19H31F3N6S. The van der Waals surface area contributed by atoms with Crippen molar-refractivity contribution >= 4 is 17.3 Å². The van der Waals surface area contributed by atoms with Gasteiger partial charge in [0.25, 0.3) is 0 Å². The molecule has 0 saturated carbocycles. The SMILES string of the molecule is CN=C(NCC1CCN(Cc2csc(C)n2)CC1)NC1CCN(CC(F)(F)F)C1. The van der Waals surface area contributed by atoms with Gasteiger partial charge in [-0.25, -0.2) is 4.98 Å². The van der Waals surface area contributed by atoms with Crippen LogP contribution in [0, 0.1) is 12.8 Å². The molecule has 1 unspecified atom stereocenters. The fourth-order valence-electron chi connectivity index (χ4n) is 4.04. The largest absolute Gasteiger partial charge is 0.401 e. The van der Waals surface area contributed by atoms with Gasteiger partial charge in [-0.15, -0.1) is 11.3 Å². The van der Waals surface area contributed by atoms with Gasteiger partial charge < -0.3 is 10.6 Å². The highest BCUT2D eigenvalue weighted by Crippen LogP contribution is 2.21. The number of hydrogen-bond donors (Lipinski definition) is 2. The summed E-state index contributed by atoms with van der Waals surface area (Å²) in [5.74, 6) is 1.26. The Morgan fingerprint density at radius 1 is 1.24 bits per heavy atom. The van der Waals surface area contributed by atoms with Crippen LogP contribution in [0.5, 0.6) is 0 Å². The van der Waals surface area contributed by atoms with Crippen molar-refractivity contribution in [3.05, 3.63) is 16.1 Å². The molecule has 0 amide bonds. The number of halogens is 3. The monoisotopic (exact) mass is 432 g/mol. The van der Waals surface area contributed by atoms with E-state index in [4.69, 9.17) is 0 Å². The number of aliphatic imine (C=N–C) groups is 1. The van der Waals surface area contributed by atoms with Crippen LogP contribution in [0.15, 0.2) is 10.4 Å². The molecule has 29 heavy (non-hydrogen) atoms. The Labute approximate surface area is 174 Å². The number of alkyl halides is 3. The molecule has 0 aliphatic carbocycles. The first-order chi connectivity index (χ1) is 13.8. The number of piperidine rings is 1. The summed E-state index contributed by atoms with van der Waals surface area (Å²) in [6.45, 7) is 5.93. The lowest BCUT2D eigenvalue weighted by Gasteiger charge is -2.32. The van der Waals surface area contributed by atoms with E-state index in [2.05, 4.69) is 30.9 Å². The van der Waals surface area contributed by atoms with Crippen molar-refractivity contribution in [2.75, 3.05) is 46.3 Å². The standard InChI is InChI=1S/C19H31F3N6S/c1-14-25-17(12-29-14)11-27-6-3-15(4-7-27)9-24-18(23-2)26-16-5-8-28(10-16)13-19(20,21)22/h12,15-16H,3-11,13H2,1-2H3,(H2,23,24,26). The molecule has 0 aromatic carbocycles. The number of likely N-dealkylation sites (tertiary alicyclic amines) is 2. The summed E-state index contributed by atoms with van der Waals surface area (Å²) in [6, 6.07) is 0.00645. The number of aromatic nitrogens is 1. The van der Waals surface area contributed by atoms with Crippen molar-refractivity contribution < 1.29 is 13.2 Å². The summed E-state index contributed by atoms with van der Waals surface area (Å²) < 4.78 is 37.6. The highest BCUT2D eigenvalue weighted by molar-refractivity contribution is 7.09. The summed E-state index contributed by atoms with van der Waals surface area (Å²) in [4.78, 5) is 12.7. The van der Waals surface area contributed by atoms with Crippen LogP contribution in [-0.4, -0.2) is 79.3 Å². The van der Waals surface area contributed by atoms with Gasteiger partial charge in [0.05, 0.1) is 17.2 Å². The molecule has 2 fully saturated rings. The number of nitrogens with zero attached hydrogens (tertiary/aromatic N) is 4. The van der Waals surface area contributed by atoms with E-state index >= 15 is 0 Å². The highest BCUT2D eigenvalue weighted by Gasteiger charge is 2.34. The molecule has 1 atom stereocenters. The van der Waals surface area contributed by atoms with E-state index in [0.29, 0.717) is 31.4 Å². The van der Waals surface area contributed by atoms with Gasteiger partial charge in [-0.2, -0.15) is 13.2 Å². The summed E-state index contributed by atoms with van der Waals surface area (Å²) in [7, 11) is 1.70. The van der Waals surface area contributed by atoms with Crippen molar-refractivity contribution in [2.24, 2.45) is 10.9 Å². The minimum atomic E-state index is -4.14. The van der Waals surface area contributed by atoms with Crippen molar-refractivity contribution in [3.8, 4) is 0 Å². The maximum absolute atomic E-state index is 12.5. The van der Waals surface area contributed by atoms with Crippen LogP contribution in [0.2, 0.25) is 0 Å². The van der Waals surface area contributed by atoms with Crippen LogP contribution in [-0.2, 0) is 6.54 Å². The Morgan fingerprint density at radius 2 is 1.97 bits per heavy atom. The van der Waals surface area contributed by atoms with Gasteiger partial charge in [-0.3, -0.25) is 14.8 Å². The second kappa shape index (κ2) is 10.1. The molecule has 164 valence electrons. The Hall–Kier alpha value is -1.39. The normalized spacial score (nSPS) is 22.9. The van der Waals surface area contributed by atoms with Crippen LogP contribution >= 0.6 is 11.3 Å². The molecule has 2 aliphatic rings. The lowest BCUT2D eigenvalue weighted by molar-refractivity contribution is -0.143. The van der Waals surface area contributed by atoms with E-state index in [1.165, 1.54) is 4.90 Å². The van der Waals surface area contributed by atoms with Gasteiger partial charge in [0.1, 0.15) is 0 Å². The van der Waals surface area contributed by atoms with Gasteiger partial charge in [0, 0.05) is 44.6 Å². The number of aryl methyl sites for hydroxylation is 1. The fourth-order valence-corrected chi connectivity index (χ4v) is 4.64. The van der Waals surface area contributed by atoms with Crippen LogP contribution in [0.1, 0.15) is 30.0 Å². The topological polar surface area (TPSA) is 55.8 Å². The third kappa shape index (κ3) is 7.42. The third-order valence-electron chi connectivity index (χ3n) is 5.56. The maximum atomic E-state index is 12.5. The predicted octanol–water partition coefficient (Wildman–Crippen LogP) is 2.47. The predicted molar refractivity (Wildman–Crippen MR) is 110 cm³/mol. The number of thiazole rings is 1. The second-order valence-electron chi connectivity index (χ2n) is 8.01. The molecule has 0 spiro atoms. The molecule has 0 bridgehead atoms. The summed E-state index contributed by atoms with van der Waals surface area (Å²) in [6.07, 6.45) is -1.20. The quantitative estimate of drug-likeness (QED) is 0.534. The highest BCUT2D eigenvalue weighted by atomic mass is 32.1. The molecule has 3 heterocycles. The Balaban J connectivity index is 1.34. The van der Waals surface area contributed by atoms with E-state index in [-0.39, 0.29) is 6.04 Å². The first-order valence-electron chi connectivity index (χ1n) is 10.2. The molecule has 1 aromatic rings. The molecule has 10 heteroatoms. The van der Waals surface area contributed by atoms with Crippen LogP contribution in [0.4, 0.5) is 13.2 Å². The Bertz CT molecular complexity index is 669. The average Bonchev–Trinajstić information content (AvgIpc) is 3.27. The van der Waals surface area contributed by atoms with Gasteiger partial charge in [-0.1, -0.05) is 0 Å².